The molecule has 0 bridgehead atoms. The van der Waals surface area contributed by atoms with Gasteiger partial charge in [0, 0.05) is 21.6 Å². The van der Waals surface area contributed by atoms with Crippen LogP contribution in [0.15, 0.2) is 38.6 Å². The van der Waals surface area contributed by atoms with Gasteiger partial charge in [-0.15, -0.1) is 11.3 Å². The summed E-state index contributed by atoms with van der Waals surface area (Å²) >= 11 is 8.78. The predicted molar refractivity (Wildman–Crippen MR) is 92.2 cm³/mol. The molecule has 1 aromatic heterocycles. The van der Waals surface area contributed by atoms with Crippen LogP contribution in [-0.2, 0) is 12.0 Å². The number of anilines is 1. The summed E-state index contributed by atoms with van der Waals surface area (Å²) in [6, 6.07) is 10.8. The minimum absolute atomic E-state index is 0.210. The average Bonchev–Trinajstić information content (AvgIpc) is 2.66. The van der Waals surface area contributed by atoms with E-state index < -0.39 is 0 Å². The van der Waals surface area contributed by atoms with Crippen molar-refractivity contribution in [3.8, 4) is 0 Å². The molecular weight excluding hydrogens is 386 g/mol. The van der Waals surface area contributed by atoms with Crippen molar-refractivity contribution in [2.24, 2.45) is 0 Å². The maximum absolute atomic E-state index is 3.52. The highest BCUT2D eigenvalue weighted by Gasteiger charge is 2.12. The Hall–Kier alpha value is -0.320. The summed E-state index contributed by atoms with van der Waals surface area (Å²) in [5, 5.41) is 3.45. The quantitative estimate of drug-likeness (QED) is 0.645. The molecule has 0 spiro atoms. The Balaban J connectivity index is 2.00. The molecule has 0 atom stereocenters. The van der Waals surface area contributed by atoms with Gasteiger partial charge in [0.25, 0.3) is 0 Å². The van der Waals surface area contributed by atoms with Crippen molar-refractivity contribution < 1.29 is 0 Å². The summed E-state index contributed by atoms with van der Waals surface area (Å²) in [6.45, 7) is 7.55. The Bertz CT molecular complexity index is 533. The van der Waals surface area contributed by atoms with Crippen molar-refractivity contribution in [2.75, 3.05) is 5.32 Å². The number of halogens is 2. The third-order valence-corrected chi connectivity index (χ3v) is 6.17. The van der Waals surface area contributed by atoms with E-state index >= 15 is 0 Å². The fourth-order valence-corrected chi connectivity index (χ4v) is 3.87. The number of benzene rings is 1. The minimum Gasteiger partial charge on any atom is -0.380 e. The van der Waals surface area contributed by atoms with Crippen LogP contribution in [0.3, 0.4) is 0 Å². The lowest BCUT2D eigenvalue weighted by molar-refractivity contribution is 0.590. The van der Waals surface area contributed by atoms with Crippen molar-refractivity contribution in [3.63, 3.8) is 0 Å². The van der Waals surface area contributed by atoms with E-state index in [2.05, 4.69) is 88.3 Å². The second-order valence-corrected chi connectivity index (χ2v) is 8.82. The Kier molecular flexibility index (Phi) is 4.75. The van der Waals surface area contributed by atoms with Crippen molar-refractivity contribution in [3.05, 3.63) is 49.0 Å². The molecule has 0 unspecified atom stereocenters. The number of nitrogens with one attached hydrogen (secondary N) is 1. The van der Waals surface area contributed by atoms with Gasteiger partial charge in [0.05, 0.1) is 3.79 Å². The van der Waals surface area contributed by atoms with Gasteiger partial charge in [-0.05, 0) is 61.0 Å². The number of hydrogen-bond acceptors (Lipinski definition) is 2. The van der Waals surface area contributed by atoms with Crippen LogP contribution in [0, 0.1) is 0 Å². The molecule has 1 N–H and O–H groups in total. The van der Waals surface area contributed by atoms with Gasteiger partial charge in [-0.25, -0.2) is 0 Å². The molecule has 0 saturated carbocycles. The highest BCUT2D eigenvalue weighted by atomic mass is 79.9. The Morgan fingerprint density at radius 2 is 1.74 bits per heavy atom. The van der Waals surface area contributed by atoms with Gasteiger partial charge in [-0.2, -0.15) is 0 Å². The smallest absolute Gasteiger partial charge is 0.0843 e. The molecule has 0 aliphatic heterocycles. The average molecular weight is 403 g/mol. The zero-order valence-electron chi connectivity index (χ0n) is 11.3. The van der Waals surface area contributed by atoms with Crippen LogP contribution in [0.25, 0.3) is 0 Å². The molecule has 0 fully saturated rings. The Labute approximate surface area is 135 Å². The van der Waals surface area contributed by atoms with E-state index in [0.29, 0.717) is 0 Å². The van der Waals surface area contributed by atoms with Gasteiger partial charge in [0.2, 0.25) is 0 Å². The normalized spacial score (nSPS) is 11.6. The summed E-state index contributed by atoms with van der Waals surface area (Å²) in [7, 11) is 0. The molecular formula is C15H17Br2NS. The molecule has 19 heavy (non-hydrogen) atoms. The van der Waals surface area contributed by atoms with E-state index in [1.54, 1.807) is 11.3 Å². The molecule has 102 valence electrons. The second-order valence-electron chi connectivity index (χ2n) is 5.52. The van der Waals surface area contributed by atoms with E-state index in [-0.39, 0.29) is 5.41 Å². The predicted octanol–water partition coefficient (Wildman–Crippen LogP) is 6.18. The summed E-state index contributed by atoms with van der Waals surface area (Å²) in [4.78, 5) is 1.30. The number of thiophene rings is 1. The van der Waals surface area contributed by atoms with Crippen molar-refractivity contribution in [1.82, 2.24) is 0 Å². The highest BCUT2D eigenvalue weighted by molar-refractivity contribution is 9.13. The number of rotatable bonds is 3. The lowest BCUT2D eigenvalue weighted by Crippen LogP contribution is -2.10. The van der Waals surface area contributed by atoms with Crippen LogP contribution in [0.5, 0.6) is 0 Å². The van der Waals surface area contributed by atoms with Crippen LogP contribution in [0.4, 0.5) is 5.69 Å². The number of hydrogen-bond donors (Lipinski definition) is 1. The van der Waals surface area contributed by atoms with Gasteiger partial charge in [0.1, 0.15) is 0 Å². The molecule has 0 aliphatic rings. The van der Waals surface area contributed by atoms with Crippen LogP contribution in [0.2, 0.25) is 0 Å². The van der Waals surface area contributed by atoms with Crippen LogP contribution >= 0.6 is 43.2 Å². The van der Waals surface area contributed by atoms with E-state index in [4.69, 9.17) is 0 Å². The third-order valence-electron chi connectivity index (χ3n) is 2.91. The lowest BCUT2D eigenvalue weighted by Gasteiger charge is -2.19. The van der Waals surface area contributed by atoms with Crippen LogP contribution in [0.1, 0.15) is 31.2 Å². The zero-order valence-corrected chi connectivity index (χ0v) is 15.2. The molecule has 0 radical (unpaired) electrons. The largest absolute Gasteiger partial charge is 0.380 e. The van der Waals surface area contributed by atoms with Crippen molar-refractivity contribution >= 4 is 48.9 Å². The Morgan fingerprint density at radius 1 is 1.11 bits per heavy atom. The lowest BCUT2D eigenvalue weighted by atomic mass is 9.87. The summed E-state index contributed by atoms with van der Waals surface area (Å²) < 4.78 is 2.27. The maximum Gasteiger partial charge on any atom is 0.0843 e. The molecule has 1 nitrogen and oxygen atoms in total. The molecule has 2 rings (SSSR count). The molecule has 2 aromatic rings. The first-order chi connectivity index (χ1) is 8.86. The van der Waals surface area contributed by atoms with E-state index in [1.165, 1.54) is 10.4 Å². The molecule has 0 saturated heterocycles. The minimum atomic E-state index is 0.210. The first-order valence-electron chi connectivity index (χ1n) is 6.14. The first kappa shape index (κ1) is 15.1. The summed E-state index contributed by atoms with van der Waals surface area (Å²) in [5.41, 5.74) is 2.73. The molecule has 4 heteroatoms. The van der Waals surface area contributed by atoms with Gasteiger partial charge < -0.3 is 5.32 Å². The molecule has 1 heterocycles. The van der Waals surface area contributed by atoms with Crippen LogP contribution < -0.4 is 5.32 Å². The Morgan fingerprint density at radius 3 is 2.21 bits per heavy atom. The second kappa shape index (κ2) is 5.98. The summed E-state index contributed by atoms with van der Waals surface area (Å²) in [6.07, 6.45) is 0. The van der Waals surface area contributed by atoms with E-state index in [0.717, 1.165) is 20.5 Å². The fourth-order valence-electron chi connectivity index (χ4n) is 1.76. The van der Waals surface area contributed by atoms with E-state index in [1.807, 2.05) is 0 Å². The van der Waals surface area contributed by atoms with Gasteiger partial charge in [-0.1, -0.05) is 32.9 Å². The SMILES string of the molecule is CC(C)(C)c1ccc(NCc2cc(Br)c(Br)s2)cc1. The topological polar surface area (TPSA) is 12.0 Å². The monoisotopic (exact) mass is 401 g/mol. The maximum atomic E-state index is 3.52. The van der Waals surface area contributed by atoms with Gasteiger partial charge in [0.15, 0.2) is 0 Å². The van der Waals surface area contributed by atoms with Crippen LogP contribution in [-0.4, -0.2) is 0 Å². The molecule has 0 aliphatic carbocycles. The fraction of sp³-hybridized carbons (Fsp3) is 0.333. The van der Waals surface area contributed by atoms with Gasteiger partial charge in [-0.3, -0.25) is 0 Å². The van der Waals surface area contributed by atoms with Crippen molar-refractivity contribution in [1.29, 1.82) is 0 Å². The van der Waals surface area contributed by atoms with E-state index in [9.17, 15) is 0 Å². The third kappa shape index (κ3) is 4.07. The van der Waals surface area contributed by atoms with Gasteiger partial charge >= 0.3 is 0 Å². The first-order valence-corrected chi connectivity index (χ1v) is 8.54. The zero-order chi connectivity index (χ0) is 14.0. The van der Waals surface area contributed by atoms with Crippen molar-refractivity contribution in [2.45, 2.75) is 32.7 Å². The highest BCUT2D eigenvalue weighted by Crippen LogP contribution is 2.32. The summed E-state index contributed by atoms with van der Waals surface area (Å²) in [5.74, 6) is 0. The standard InChI is InChI=1S/C15H17Br2NS/c1-15(2,3)10-4-6-11(7-5-10)18-9-12-8-13(16)14(17)19-12/h4-8,18H,9H2,1-3H3. The molecule has 1 aromatic carbocycles. The molecule has 0 amide bonds.